The van der Waals surface area contributed by atoms with Gasteiger partial charge in [-0.15, -0.1) is 0 Å². The Balaban J connectivity index is 1.74. The maximum atomic E-state index is 14.4. The molecule has 0 aliphatic carbocycles. The van der Waals surface area contributed by atoms with Crippen molar-refractivity contribution >= 4 is 38.3 Å². The molecule has 0 amide bonds. The van der Waals surface area contributed by atoms with Gasteiger partial charge in [-0.1, -0.05) is 54.1 Å². The zero-order valence-electron chi connectivity index (χ0n) is 20.1. The molecule has 0 spiro atoms. The van der Waals surface area contributed by atoms with Gasteiger partial charge in [-0.05, 0) is 61.0 Å². The Kier molecular flexibility index (Phi) is 6.13. The van der Waals surface area contributed by atoms with Gasteiger partial charge in [0, 0.05) is 17.7 Å². The number of carbonyl (C=O) groups is 2. The second-order valence-electron chi connectivity index (χ2n) is 8.63. The number of nitrogens with zero attached hydrogens (tertiary/aromatic N) is 1. The number of likely N-dealkylation sites (N-methyl/N-ethyl adjacent to an activating group) is 1. The van der Waals surface area contributed by atoms with E-state index in [1.807, 2.05) is 31.2 Å². The third-order valence-electron chi connectivity index (χ3n) is 6.21. The van der Waals surface area contributed by atoms with E-state index in [0.29, 0.717) is 0 Å². The lowest BCUT2D eigenvalue weighted by atomic mass is 10.0. The van der Waals surface area contributed by atoms with Crippen molar-refractivity contribution in [3.63, 3.8) is 0 Å². The molecular weight excluding hydrogens is 493 g/mol. The highest BCUT2D eigenvalue weighted by Crippen LogP contribution is 2.39. The minimum atomic E-state index is -4.24. The summed E-state index contributed by atoms with van der Waals surface area (Å²) >= 11 is 0. The Morgan fingerprint density at radius 1 is 0.865 bits per heavy atom. The van der Waals surface area contributed by atoms with E-state index in [-0.39, 0.29) is 39.6 Å². The van der Waals surface area contributed by atoms with Gasteiger partial charge in [0.1, 0.15) is 11.5 Å². The SMILES string of the molecule is CCN1C(C(=O)c2ccc3ccccc3c2)=C(OC(=O)c2ccc(C)cc2)c2cc(F)ccc2S1(=O)=O. The Hall–Kier alpha value is -4.30. The first kappa shape index (κ1) is 24.4. The molecular formula is C29H22FNO5S. The fraction of sp³-hybridized carbons (Fsp3) is 0.103. The summed E-state index contributed by atoms with van der Waals surface area (Å²) in [5.74, 6) is -2.52. The molecule has 1 aliphatic rings. The van der Waals surface area contributed by atoms with Gasteiger partial charge in [0.2, 0.25) is 5.78 Å². The number of fused-ring (bicyclic) bond motifs is 2. The lowest BCUT2D eigenvalue weighted by Gasteiger charge is -2.32. The molecule has 0 unspecified atom stereocenters. The van der Waals surface area contributed by atoms with Crippen LogP contribution >= 0.6 is 0 Å². The summed E-state index contributed by atoms with van der Waals surface area (Å²) in [7, 11) is -4.24. The van der Waals surface area contributed by atoms with Gasteiger partial charge in [-0.3, -0.25) is 9.10 Å². The van der Waals surface area contributed by atoms with Crippen LogP contribution in [0.15, 0.2) is 95.5 Å². The summed E-state index contributed by atoms with van der Waals surface area (Å²) in [6, 6.07) is 22.1. The predicted molar refractivity (Wildman–Crippen MR) is 138 cm³/mol. The number of benzene rings is 4. The highest BCUT2D eigenvalue weighted by atomic mass is 32.2. The molecule has 0 bridgehead atoms. The number of hydrogen-bond acceptors (Lipinski definition) is 5. The maximum Gasteiger partial charge on any atom is 0.343 e. The molecule has 1 heterocycles. The molecule has 6 nitrogen and oxygen atoms in total. The number of carbonyl (C=O) groups excluding carboxylic acids is 2. The summed E-state index contributed by atoms with van der Waals surface area (Å²) in [4.78, 5) is 26.8. The smallest absolute Gasteiger partial charge is 0.343 e. The quantitative estimate of drug-likeness (QED) is 0.251. The molecule has 0 aromatic heterocycles. The molecule has 0 N–H and O–H groups in total. The van der Waals surface area contributed by atoms with E-state index in [4.69, 9.17) is 4.74 Å². The van der Waals surface area contributed by atoms with Crippen LogP contribution in [0.2, 0.25) is 0 Å². The Morgan fingerprint density at radius 2 is 1.54 bits per heavy atom. The minimum Gasteiger partial charge on any atom is -0.420 e. The number of ether oxygens (including phenoxy) is 1. The second kappa shape index (κ2) is 9.29. The summed E-state index contributed by atoms with van der Waals surface area (Å²) in [5.41, 5.74) is 0.790. The fourth-order valence-corrected chi connectivity index (χ4v) is 5.99. The van der Waals surface area contributed by atoms with E-state index in [1.165, 1.54) is 0 Å². The molecule has 8 heteroatoms. The Bertz CT molecular complexity index is 1710. The zero-order valence-corrected chi connectivity index (χ0v) is 20.9. The summed E-state index contributed by atoms with van der Waals surface area (Å²) in [5, 5.41) is 1.68. The number of allylic oxidation sites excluding steroid dienone is 1. The number of rotatable bonds is 5. The van der Waals surface area contributed by atoms with Gasteiger partial charge < -0.3 is 4.74 Å². The molecule has 0 radical (unpaired) electrons. The van der Waals surface area contributed by atoms with E-state index in [1.54, 1.807) is 49.4 Å². The Morgan fingerprint density at radius 3 is 2.24 bits per heavy atom. The Labute approximate surface area is 213 Å². The van der Waals surface area contributed by atoms with Gasteiger partial charge in [-0.25, -0.2) is 17.6 Å². The number of sulfonamides is 1. The van der Waals surface area contributed by atoms with Crippen LogP contribution in [-0.4, -0.2) is 31.0 Å². The van der Waals surface area contributed by atoms with Crippen molar-refractivity contribution in [2.45, 2.75) is 18.7 Å². The van der Waals surface area contributed by atoms with Gasteiger partial charge in [0.05, 0.1) is 10.5 Å². The predicted octanol–water partition coefficient (Wildman–Crippen LogP) is 5.72. The third-order valence-corrected chi connectivity index (χ3v) is 8.15. The van der Waals surface area contributed by atoms with Crippen LogP contribution in [0.4, 0.5) is 4.39 Å². The normalized spacial score (nSPS) is 14.4. The van der Waals surface area contributed by atoms with E-state index in [0.717, 1.165) is 38.8 Å². The lowest BCUT2D eigenvalue weighted by Crippen LogP contribution is -2.38. The molecule has 0 saturated heterocycles. The first-order valence-corrected chi connectivity index (χ1v) is 13.0. The van der Waals surface area contributed by atoms with Crippen LogP contribution in [0, 0.1) is 12.7 Å². The number of ketones is 1. The molecule has 0 saturated carbocycles. The van der Waals surface area contributed by atoms with E-state index >= 15 is 0 Å². The minimum absolute atomic E-state index is 0.112. The van der Waals surface area contributed by atoms with Crippen molar-refractivity contribution in [1.29, 1.82) is 0 Å². The number of hydrogen-bond donors (Lipinski definition) is 0. The van der Waals surface area contributed by atoms with Crippen LogP contribution in [0.25, 0.3) is 16.5 Å². The number of Topliss-reactive ketones (excluding diaryl/α,β-unsaturated/α-hetero) is 1. The van der Waals surface area contributed by atoms with Crippen molar-refractivity contribution in [2.24, 2.45) is 0 Å². The zero-order chi connectivity index (χ0) is 26.3. The topological polar surface area (TPSA) is 80.8 Å². The number of halogens is 1. The molecule has 0 atom stereocenters. The average Bonchev–Trinajstić information content (AvgIpc) is 2.89. The first-order valence-electron chi connectivity index (χ1n) is 11.6. The van der Waals surface area contributed by atoms with E-state index < -0.39 is 27.6 Å². The van der Waals surface area contributed by atoms with Crippen molar-refractivity contribution in [3.05, 3.63) is 119 Å². The maximum absolute atomic E-state index is 14.4. The average molecular weight is 516 g/mol. The first-order chi connectivity index (χ1) is 17.7. The standard InChI is InChI=1S/C29H22FNO5S/c1-3-31-26(27(32)22-13-12-19-6-4-5-7-21(19)16-22)28(36-29(33)20-10-8-18(2)9-11-20)24-17-23(30)14-15-25(24)37(31,34)35/h4-17H,3H2,1-2H3. The molecule has 5 rings (SSSR count). The summed E-state index contributed by atoms with van der Waals surface area (Å²) < 4.78 is 48.0. The van der Waals surface area contributed by atoms with E-state index in [9.17, 15) is 22.4 Å². The second-order valence-corrected chi connectivity index (χ2v) is 10.5. The van der Waals surface area contributed by atoms with Crippen LogP contribution in [-0.2, 0) is 14.8 Å². The van der Waals surface area contributed by atoms with E-state index in [2.05, 4.69) is 0 Å². The monoisotopic (exact) mass is 515 g/mol. The highest BCUT2D eigenvalue weighted by molar-refractivity contribution is 7.89. The van der Waals surface area contributed by atoms with Crippen molar-refractivity contribution in [2.75, 3.05) is 6.54 Å². The lowest BCUT2D eigenvalue weighted by molar-refractivity contribution is 0.0685. The molecule has 4 aromatic carbocycles. The van der Waals surface area contributed by atoms with Gasteiger partial charge in [-0.2, -0.15) is 0 Å². The van der Waals surface area contributed by atoms with Gasteiger partial charge >= 0.3 is 5.97 Å². The van der Waals surface area contributed by atoms with Gasteiger partial charge in [0.15, 0.2) is 5.76 Å². The number of esters is 1. The van der Waals surface area contributed by atoms with Crippen LogP contribution in [0.5, 0.6) is 0 Å². The number of aryl methyl sites for hydroxylation is 1. The van der Waals surface area contributed by atoms with Crippen molar-refractivity contribution < 1.29 is 27.1 Å². The van der Waals surface area contributed by atoms with Crippen molar-refractivity contribution in [1.82, 2.24) is 4.31 Å². The largest absolute Gasteiger partial charge is 0.420 e. The molecule has 186 valence electrons. The molecule has 0 fully saturated rings. The molecule has 37 heavy (non-hydrogen) atoms. The van der Waals surface area contributed by atoms with Crippen LogP contribution < -0.4 is 0 Å². The van der Waals surface area contributed by atoms with Crippen LogP contribution in [0.1, 0.15) is 38.8 Å². The highest BCUT2D eigenvalue weighted by Gasteiger charge is 2.41. The van der Waals surface area contributed by atoms with Crippen molar-refractivity contribution in [3.8, 4) is 0 Å². The summed E-state index contributed by atoms with van der Waals surface area (Å²) in [6.45, 7) is 3.32. The summed E-state index contributed by atoms with van der Waals surface area (Å²) in [6.07, 6.45) is 0. The third kappa shape index (κ3) is 4.29. The van der Waals surface area contributed by atoms with Gasteiger partial charge in [0.25, 0.3) is 10.0 Å². The van der Waals surface area contributed by atoms with Crippen LogP contribution in [0.3, 0.4) is 0 Å². The molecule has 4 aromatic rings. The molecule has 1 aliphatic heterocycles. The fourth-order valence-electron chi connectivity index (χ4n) is 4.34.